The van der Waals surface area contributed by atoms with Crippen LogP contribution in [0.1, 0.15) is 11.3 Å². The van der Waals surface area contributed by atoms with Gasteiger partial charge in [0.1, 0.15) is 0 Å². The number of H-pyrrole nitrogens is 1. The van der Waals surface area contributed by atoms with Gasteiger partial charge >= 0.3 is 0 Å². The van der Waals surface area contributed by atoms with Gasteiger partial charge in [-0.2, -0.15) is 5.10 Å². The molecule has 0 saturated heterocycles. The summed E-state index contributed by atoms with van der Waals surface area (Å²) in [6, 6.07) is 10.4. The molecule has 3 heteroatoms. The third kappa shape index (κ3) is 1.87. The zero-order chi connectivity index (χ0) is 9.97. The Kier molecular flexibility index (Phi) is 2.68. The van der Waals surface area contributed by atoms with Crippen LogP contribution >= 0.6 is 15.9 Å². The van der Waals surface area contributed by atoms with Crippen LogP contribution in [-0.4, -0.2) is 10.2 Å². The predicted molar refractivity (Wildman–Crippen MR) is 61.4 cm³/mol. The van der Waals surface area contributed by atoms with Crippen molar-refractivity contribution in [2.45, 2.75) is 12.3 Å². The van der Waals surface area contributed by atoms with Gasteiger partial charge in [0, 0.05) is 16.6 Å². The van der Waals surface area contributed by atoms with Gasteiger partial charge in [0.25, 0.3) is 0 Å². The van der Waals surface area contributed by atoms with Crippen LogP contribution in [0, 0.1) is 6.92 Å². The summed E-state index contributed by atoms with van der Waals surface area (Å²) in [5.41, 5.74) is 4.52. The molecule has 1 N–H and O–H groups in total. The zero-order valence-electron chi connectivity index (χ0n) is 7.92. The number of aryl methyl sites for hydroxylation is 1. The van der Waals surface area contributed by atoms with Gasteiger partial charge in [-0.3, -0.25) is 5.10 Å². The fraction of sp³-hybridized carbons (Fsp3) is 0.182. The van der Waals surface area contributed by atoms with Crippen molar-refractivity contribution in [1.29, 1.82) is 0 Å². The maximum atomic E-state index is 4.22. The molecule has 0 radical (unpaired) electrons. The van der Waals surface area contributed by atoms with Crippen LogP contribution in [0.2, 0.25) is 0 Å². The van der Waals surface area contributed by atoms with Crippen molar-refractivity contribution in [3.05, 3.63) is 41.6 Å². The maximum Gasteiger partial charge on any atom is 0.0923 e. The minimum Gasteiger partial charge on any atom is -0.282 e. The third-order valence-corrected chi connectivity index (χ3v) is 2.73. The van der Waals surface area contributed by atoms with Crippen LogP contribution in [0.25, 0.3) is 11.3 Å². The fourth-order valence-corrected chi connectivity index (χ4v) is 1.73. The lowest BCUT2D eigenvalue weighted by atomic mass is 10.1. The van der Waals surface area contributed by atoms with Crippen LogP contribution < -0.4 is 0 Å². The van der Waals surface area contributed by atoms with E-state index in [0.717, 1.165) is 22.3 Å². The van der Waals surface area contributed by atoms with E-state index in [2.05, 4.69) is 50.4 Å². The minimum absolute atomic E-state index is 0.879. The van der Waals surface area contributed by atoms with Crippen molar-refractivity contribution in [2.75, 3.05) is 0 Å². The summed E-state index contributed by atoms with van der Waals surface area (Å²) in [6.45, 7) is 2.00. The normalized spacial score (nSPS) is 10.4. The number of halogens is 1. The SMILES string of the molecule is Cc1cc(-c2cccc(CBr)c2)n[nH]1. The molecule has 2 nitrogen and oxygen atoms in total. The Morgan fingerprint density at radius 1 is 1.36 bits per heavy atom. The Morgan fingerprint density at radius 3 is 2.86 bits per heavy atom. The second kappa shape index (κ2) is 3.96. The topological polar surface area (TPSA) is 28.7 Å². The van der Waals surface area contributed by atoms with Gasteiger partial charge in [-0.15, -0.1) is 0 Å². The Morgan fingerprint density at radius 2 is 2.21 bits per heavy atom. The van der Waals surface area contributed by atoms with Crippen LogP contribution in [0.4, 0.5) is 0 Å². The molecular weight excluding hydrogens is 240 g/mol. The number of alkyl halides is 1. The highest BCUT2D eigenvalue weighted by molar-refractivity contribution is 9.08. The first-order valence-corrected chi connectivity index (χ1v) is 5.59. The molecule has 0 fully saturated rings. The molecule has 1 heterocycles. The molecule has 1 aromatic heterocycles. The van der Waals surface area contributed by atoms with E-state index < -0.39 is 0 Å². The quantitative estimate of drug-likeness (QED) is 0.815. The lowest BCUT2D eigenvalue weighted by molar-refractivity contribution is 1.05. The van der Waals surface area contributed by atoms with E-state index in [4.69, 9.17) is 0 Å². The van der Waals surface area contributed by atoms with Gasteiger partial charge < -0.3 is 0 Å². The molecule has 0 aliphatic carbocycles. The lowest BCUT2D eigenvalue weighted by Crippen LogP contribution is -1.81. The number of rotatable bonds is 2. The monoisotopic (exact) mass is 250 g/mol. The highest BCUT2D eigenvalue weighted by atomic mass is 79.9. The number of nitrogens with zero attached hydrogens (tertiary/aromatic N) is 1. The Bertz CT molecular complexity index is 434. The van der Waals surface area contributed by atoms with Crippen molar-refractivity contribution >= 4 is 15.9 Å². The predicted octanol–water partition coefficient (Wildman–Crippen LogP) is 3.28. The van der Waals surface area contributed by atoms with E-state index in [1.807, 2.05) is 13.0 Å². The average Bonchev–Trinajstić information content (AvgIpc) is 2.65. The number of aromatic amines is 1. The standard InChI is InChI=1S/C11H11BrN2/c1-8-5-11(14-13-8)10-4-2-3-9(6-10)7-12/h2-6H,7H2,1H3,(H,13,14). The summed E-state index contributed by atoms with van der Waals surface area (Å²) in [5.74, 6) is 0. The maximum absolute atomic E-state index is 4.22. The number of benzene rings is 1. The van der Waals surface area contributed by atoms with Crippen LogP contribution in [0.3, 0.4) is 0 Å². The fourth-order valence-electron chi connectivity index (χ4n) is 1.38. The summed E-state index contributed by atoms with van der Waals surface area (Å²) in [6.07, 6.45) is 0. The highest BCUT2D eigenvalue weighted by Crippen LogP contribution is 2.19. The van der Waals surface area contributed by atoms with Crippen LogP contribution in [0.15, 0.2) is 30.3 Å². The first-order valence-electron chi connectivity index (χ1n) is 4.47. The summed E-state index contributed by atoms with van der Waals surface area (Å²) in [7, 11) is 0. The number of hydrogen-bond acceptors (Lipinski definition) is 1. The van der Waals surface area contributed by atoms with E-state index >= 15 is 0 Å². The van der Waals surface area contributed by atoms with E-state index in [0.29, 0.717) is 0 Å². The smallest absolute Gasteiger partial charge is 0.0923 e. The molecule has 0 amide bonds. The number of hydrogen-bond donors (Lipinski definition) is 1. The summed E-state index contributed by atoms with van der Waals surface area (Å²) < 4.78 is 0. The van der Waals surface area contributed by atoms with Gasteiger partial charge in [-0.05, 0) is 24.6 Å². The molecule has 14 heavy (non-hydrogen) atoms. The summed E-state index contributed by atoms with van der Waals surface area (Å²) in [4.78, 5) is 0. The first kappa shape index (κ1) is 9.46. The first-order chi connectivity index (χ1) is 6.79. The molecule has 1 aromatic carbocycles. The Balaban J connectivity index is 2.41. The van der Waals surface area contributed by atoms with E-state index in [1.54, 1.807) is 0 Å². The van der Waals surface area contributed by atoms with Gasteiger partial charge in [0.05, 0.1) is 5.69 Å². The van der Waals surface area contributed by atoms with Gasteiger partial charge in [-0.1, -0.05) is 34.1 Å². The van der Waals surface area contributed by atoms with Gasteiger partial charge in [0.15, 0.2) is 0 Å². The van der Waals surface area contributed by atoms with Crippen molar-refractivity contribution in [3.63, 3.8) is 0 Å². The lowest BCUT2D eigenvalue weighted by Gasteiger charge is -1.98. The molecular formula is C11H11BrN2. The molecule has 0 spiro atoms. The Hall–Kier alpha value is -1.09. The largest absolute Gasteiger partial charge is 0.282 e. The van der Waals surface area contributed by atoms with Crippen LogP contribution in [0.5, 0.6) is 0 Å². The molecule has 0 saturated carbocycles. The molecule has 0 atom stereocenters. The molecule has 0 unspecified atom stereocenters. The summed E-state index contributed by atoms with van der Waals surface area (Å²) in [5, 5.41) is 8.04. The molecule has 0 aliphatic rings. The second-order valence-corrected chi connectivity index (χ2v) is 3.83. The zero-order valence-corrected chi connectivity index (χ0v) is 9.51. The van der Waals surface area contributed by atoms with E-state index in [-0.39, 0.29) is 0 Å². The highest BCUT2D eigenvalue weighted by Gasteiger charge is 2.01. The molecule has 2 rings (SSSR count). The van der Waals surface area contributed by atoms with Gasteiger partial charge in [0.2, 0.25) is 0 Å². The third-order valence-electron chi connectivity index (χ3n) is 2.08. The number of aromatic nitrogens is 2. The molecule has 72 valence electrons. The van der Waals surface area contributed by atoms with Crippen molar-refractivity contribution in [1.82, 2.24) is 10.2 Å². The summed E-state index contributed by atoms with van der Waals surface area (Å²) >= 11 is 3.44. The van der Waals surface area contributed by atoms with E-state index in [1.165, 1.54) is 5.56 Å². The molecule has 0 bridgehead atoms. The molecule has 0 aliphatic heterocycles. The van der Waals surface area contributed by atoms with Crippen molar-refractivity contribution in [2.24, 2.45) is 0 Å². The van der Waals surface area contributed by atoms with Crippen molar-refractivity contribution in [3.8, 4) is 11.3 Å². The average molecular weight is 251 g/mol. The van der Waals surface area contributed by atoms with E-state index in [9.17, 15) is 0 Å². The van der Waals surface area contributed by atoms with Crippen molar-refractivity contribution < 1.29 is 0 Å². The van der Waals surface area contributed by atoms with Crippen LogP contribution in [-0.2, 0) is 5.33 Å². The second-order valence-electron chi connectivity index (χ2n) is 3.27. The molecule has 2 aromatic rings. The van der Waals surface area contributed by atoms with Gasteiger partial charge in [-0.25, -0.2) is 0 Å². The number of nitrogens with one attached hydrogen (secondary N) is 1. The Labute approximate surface area is 91.5 Å². The minimum atomic E-state index is 0.879.